The van der Waals surface area contributed by atoms with Crippen LogP contribution in [0.2, 0.25) is 0 Å². The molecule has 0 aliphatic rings. The molecule has 2 N–H and O–H groups in total. The van der Waals surface area contributed by atoms with Crippen molar-refractivity contribution in [1.82, 2.24) is 15.5 Å². The highest BCUT2D eigenvalue weighted by molar-refractivity contribution is 5.93. The molecule has 3 rings (SSSR count). The van der Waals surface area contributed by atoms with E-state index < -0.39 is 12.1 Å². The molecule has 0 radical (unpaired) electrons. The fraction of sp³-hybridized carbons (Fsp3) is 0.238. The molecule has 0 bridgehead atoms. The lowest BCUT2D eigenvalue weighted by atomic mass is 10.1. The Morgan fingerprint density at radius 2 is 1.82 bits per heavy atom. The van der Waals surface area contributed by atoms with E-state index in [0.29, 0.717) is 30.2 Å². The van der Waals surface area contributed by atoms with Crippen LogP contribution in [0.1, 0.15) is 16.1 Å². The molecule has 0 saturated carbocycles. The molecule has 0 unspecified atom stereocenters. The Balaban J connectivity index is 0.000000479. The highest BCUT2D eigenvalue weighted by Gasteiger charge is 2.38. The second-order valence-corrected chi connectivity index (χ2v) is 6.32. The second kappa shape index (κ2) is 11.5. The summed E-state index contributed by atoms with van der Waals surface area (Å²) in [4.78, 5) is 25.1. The van der Waals surface area contributed by atoms with Crippen LogP contribution in [0.4, 0.5) is 13.2 Å². The van der Waals surface area contributed by atoms with E-state index in [-0.39, 0.29) is 11.6 Å². The van der Waals surface area contributed by atoms with Crippen molar-refractivity contribution in [3.05, 3.63) is 60.0 Å². The van der Waals surface area contributed by atoms with Crippen LogP contribution >= 0.6 is 0 Å². The maximum absolute atomic E-state index is 12.2. The number of nitrogens with one attached hydrogen (secondary N) is 1. The van der Waals surface area contributed by atoms with Gasteiger partial charge in [-0.2, -0.15) is 13.2 Å². The van der Waals surface area contributed by atoms with Gasteiger partial charge in [-0.05, 0) is 36.2 Å². The number of amides is 1. The van der Waals surface area contributed by atoms with Gasteiger partial charge in [-0.3, -0.25) is 9.78 Å². The molecule has 0 spiro atoms. The first-order valence-electron chi connectivity index (χ1n) is 9.32. The molecule has 0 aliphatic heterocycles. The van der Waals surface area contributed by atoms with Gasteiger partial charge in [-0.25, -0.2) is 4.79 Å². The first kappa shape index (κ1) is 25.2. The minimum atomic E-state index is -5.08. The molecular weight excluding hydrogens is 447 g/mol. The quantitative estimate of drug-likeness (QED) is 0.542. The molecule has 1 aromatic carbocycles. The first-order chi connectivity index (χ1) is 15.7. The van der Waals surface area contributed by atoms with E-state index in [9.17, 15) is 18.0 Å². The SMILES string of the molecule is COc1ccc(CCNC(=O)c2cc(-c3cccnc3)on2)cc1OC.O=C(O)C(F)(F)F. The number of benzene rings is 1. The number of pyridine rings is 1. The number of carboxylic acid groups (broad SMARTS) is 1. The molecule has 9 nitrogen and oxygen atoms in total. The maximum atomic E-state index is 12.2. The normalized spacial score (nSPS) is 10.6. The van der Waals surface area contributed by atoms with E-state index in [1.54, 1.807) is 38.7 Å². The smallest absolute Gasteiger partial charge is 0.490 e. The molecule has 0 fully saturated rings. The third-order valence-electron chi connectivity index (χ3n) is 4.08. The number of methoxy groups -OCH3 is 2. The van der Waals surface area contributed by atoms with Crippen LogP contribution < -0.4 is 14.8 Å². The number of carbonyl (C=O) groups excluding carboxylic acids is 1. The summed E-state index contributed by atoms with van der Waals surface area (Å²) in [6, 6.07) is 10.9. The number of rotatable bonds is 7. The molecule has 0 aliphatic carbocycles. The fourth-order valence-corrected chi connectivity index (χ4v) is 2.47. The van der Waals surface area contributed by atoms with Gasteiger partial charge in [-0.15, -0.1) is 0 Å². The monoisotopic (exact) mass is 467 g/mol. The van der Waals surface area contributed by atoms with Crippen molar-refractivity contribution < 1.29 is 41.9 Å². The summed E-state index contributed by atoms with van der Waals surface area (Å²) in [7, 11) is 3.18. The van der Waals surface area contributed by atoms with Gasteiger partial charge in [0.05, 0.1) is 14.2 Å². The summed E-state index contributed by atoms with van der Waals surface area (Å²) in [5, 5.41) is 13.8. The van der Waals surface area contributed by atoms with Gasteiger partial charge in [0, 0.05) is 30.6 Å². The zero-order valence-corrected chi connectivity index (χ0v) is 17.5. The van der Waals surface area contributed by atoms with E-state index in [0.717, 1.165) is 11.1 Å². The van der Waals surface area contributed by atoms with Crippen molar-refractivity contribution in [2.45, 2.75) is 12.6 Å². The Bertz CT molecular complexity index is 1070. The summed E-state index contributed by atoms with van der Waals surface area (Å²) < 4.78 is 47.4. The van der Waals surface area contributed by atoms with Crippen LogP contribution in [0, 0.1) is 0 Å². The number of carboxylic acids is 1. The van der Waals surface area contributed by atoms with Crippen molar-refractivity contribution in [2.75, 3.05) is 20.8 Å². The number of alkyl halides is 3. The highest BCUT2D eigenvalue weighted by atomic mass is 19.4. The van der Waals surface area contributed by atoms with Crippen LogP contribution in [0.5, 0.6) is 11.5 Å². The molecule has 0 atom stereocenters. The molecule has 2 aromatic heterocycles. The Morgan fingerprint density at radius 1 is 1.12 bits per heavy atom. The van der Waals surface area contributed by atoms with E-state index in [1.165, 1.54) is 0 Å². The fourth-order valence-electron chi connectivity index (χ4n) is 2.47. The third kappa shape index (κ3) is 7.52. The number of aromatic nitrogens is 2. The van der Waals surface area contributed by atoms with Crippen molar-refractivity contribution in [2.24, 2.45) is 0 Å². The number of hydrogen-bond donors (Lipinski definition) is 2. The lowest BCUT2D eigenvalue weighted by Gasteiger charge is -2.09. The molecule has 176 valence electrons. The third-order valence-corrected chi connectivity index (χ3v) is 4.08. The molecule has 2 heterocycles. The topological polar surface area (TPSA) is 124 Å². The Morgan fingerprint density at radius 3 is 2.39 bits per heavy atom. The van der Waals surface area contributed by atoms with Gasteiger partial charge < -0.3 is 24.4 Å². The van der Waals surface area contributed by atoms with E-state index in [1.807, 2.05) is 24.3 Å². The minimum absolute atomic E-state index is 0.233. The Kier molecular flexibility index (Phi) is 8.78. The van der Waals surface area contributed by atoms with Gasteiger partial charge in [0.25, 0.3) is 5.91 Å². The zero-order chi connectivity index (χ0) is 24.4. The first-order valence-corrected chi connectivity index (χ1v) is 9.32. The average Bonchev–Trinajstić information content (AvgIpc) is 3.30. The van der Waals surface area contributed by atoms with Gasteiger partial charge in [0.2, 0.25) is 0 Å². The summed E-state index contributed by atoms with van der Waals surface area (Å²) in [6.07, 6.45) is -1.11. The van der Waals surface area contributed by atoms with Gasteiger partial charge >= 0.3 is 12.1 Å². The number of halogens is 3. The highest BCUT2D eigenvalue weighted by Crippen LogP contribution is 2.27. The summed E-state index contributed by atoms with van der Waals surface area (Å²) in [5.74, 6) is -1.21. The zero-order valence-electron chi connectivity index (χ0n) is 17.5. The van der Waals surface area contributed by atoms with Crippen molar-refractivity contribution in [1.29, 1.82) is 0 Å². The molecule has 1 amide bonds. The van der Waals surface area contributed by atoms with Crippen LogP contribution in [-0.2, 0) is 11.2 Å². The predicted octanol–water partition coefficient (Wildman–Crippen LogP) is 3.36. The number of hydrogen-bond acceptors (Lipinski definition) is 7. The van der Waals surface area contributed by atoms with Crippen LogP contribution in [0.25, 0.3) is 11.3 Å². The Hall–Kier alpha value is -4.09. The van der Waals surface area contributed by atoms with Crippen molar-refractivity contribution >= 4 is 11.9 Å². The standard InChI is InChI=1S/C19H19N3O4.C2HF3O2/c1-24-16-6-5-13(10-18(16)25-2)7-9-21-19(23)15-11-17(26-22-15)14-4-3-8-20-12-14;3-2(4,5)1(6)7/h3-6,8,10-12H,7,9H2,1-2H3,(H,21,23);(H,6,7). The number of carbonyl (C=O) groups is 2. The maximum Gasteiger partial charge on any atom is 0.490 e. The number of ether oxygens (including phenoxy) is 2. The molecule has 3 aromatic rings. The van der Waals surface area contributed by atoms with E-state index in [2.05, 4.69) is 15.5 Å². The molecular formula is C21H20F3N3O6. The predicted molar refractivity (Wildman–Crippen MR) is 109 cm³/mol. The lowest BCUT2D eigenvalue weighted by molar-refractivity contribution is -0.192. The Labute approximate surface area is 186 Å². The van der Waals surface area contributed by atoms with E-state index >= 15 is 0 Å². The summed E-state index contributed by atoms with van der Waals surface area (Å²) >= 11 is 0. The molecule has 12 heteroatoms. The van der Waals surface area contributed by atoms with Gasteiger partial charge in [-0.1, -0.05) is 11.2 Å². The summed E-state index contributed by atoms with van der Waals surface area (Å²) in [6.45, 7) is 0.462. The lowest BCUT2D eigenvalue weighted by Crippen LogP contribution is -2.25. The van der Waals surface area contributed by atoms with Crippen LogP contribution in [0.15, 0.2) is 53.3 Å². The largest absolute Gasteiger partial charge is 0.493 e. The van der Waals surface area contributed by atoms with Crippen molar-refractivity contribution in [3.63, 3.8) is 0 Å². The molecule has 0 saturated heterocycles. The van der Waals surface area contributed by atoms with Gasteiger partial charge in [0.15, 0.2) is 23.0 Å². The number of nitrogens with zero attached hydrogens (tertiary/aromatic N) is 2. The van der Waals surface area contributed by atoms with E-state index in [4.69, 9.17) is 23.9 Å². The second-order valence-electron chi connectivity index (χ2n) is 6.32. The van der Waals surface area contributed by atoms with Crippen LogP contribution in [-0.4, -0.2) is 54.1 Å². The summed E-state index contributed by atoms with van der Waals surface area (Å²) in [5.41, 5.74) is 2.03. The van der Waals surface area contributed by atoms with Crippen molar-refractivity contribution in [3.8, 4) is 22.8 Å². The van der Waals surface area contributed by atoms with Gasteiger partial charge in [0.1, 0.15) is 0 Å². The molecule has 33 heavy (non-hydrogen) atoms. The average molecular weight is 467 g/mol. The van der Waals surface area contributed by atoms with Crippen LogP contribution in [0.3, 0.4) is 0 Å². The minimum Gasteiger partial charge on any atom is -0.493 e. The number of aliphatic carboxylic acids is 1.